The van der Waals surface area contributed by atoms with E-state index in [-0.39, 0.29) is 5.60 Å². The molecule has 2 atom stereocenters. The Bertz CT molecular complexity index is 189. The van der Waals surface area contributed by atoms with Gasteiger partial charge >= 0.3 is 0 Å². The molecule has 0 aromatic carbocycles. The summed E-state index contributed by atoms with van der Waals surface area (Å²) in [5, 5.41) is 14.8. The van der Waals surface area contributed by atoms with Gasteiger partial charge in [0.15, 0.2) is 0 Å². The zero-order chi connectivity index (χ0) is 9.90. The normalized spacial score (nSPS) is 24.2. The molecule has 0 aromatic heterocycles. The lowest BCUT2D eigenvalue weighted by Gasteiger charge is -2.26. The maximum atomic E-state index is 9.39. The van der Waals surface area contributed by atoms with Crippen LogP contribution in [0.1, 0.15) is 20.8 Å². The van der Waals surface area contributed by atoms with Crippen LogP contribution in [0.5, 0.6) is 0 Å². The average molecular weight is 203 g/mol. The highest BCUT2D eigenvalue weighted by atomic mass is 32.2. The zero-order valence-corrected chi connectivity index (χ0v) is 9.10. The van der Waals surface area contributed by atoms with Gasteiger partial charge in [0.1, 0.15) is 0 Å². The quantitative estimate of drug-likeness (QED) is 0.676. The molecule has 0 saturated carbocycles. The lowest BCUT2D eigenvalue weighted by atomic mass is 10.2. The largest absolute Gasteiger partial charge is 0.356 e. The minimum absolute atomic E-state index is 0.311. The van der Waals surface area contributed by atoms with Gasteiger partial charge in [0, 0.05) is 11.8 Å². The van der Waals surface area contributed by atoms with Crippen LogP contribution in [0.2, 0.25) is 0 Å². The van der Waals surface area contributed by atoms with Crippen LogP contribution >= 0.6 is 11.8 Å². The average Bonchev–Trinajstić information content (AvgIpc) is 1.78. The van der Waals surface area contributed by atoms with E-state index in [1.165, 1.54) is 0 Å². The van der Waals surface area contributed by atoms with Crippen LogP contribution in [0.4, 0.5) is 0 Å². The summed E-state index contributed by atoms with van der Waals surface area (Å²) >= 11 is 1.76. The molecule has 0 spiro atoms. The van der Waals surface area contributed by atoms with Crippen molar-refractivity contribution in [3.8, 4) is 0 Å². The van der Waals surface area contributed by atoms with Crippen molar-refractivity contribution in [1.29, 1.82) is 0 Å². The molecule has 1 aliphatic rings. The maximum Gasteiger partial charge on any atom is 0.214 e. The molecule has 1 rings (SSSR count). The summed E-state index contributed by atoms with van der Waals surface area (Å²) in [5.41, 5.74) is -0.311. The molecular formula is C9H17NO2S. The third kappa shape index (κ3) is 4.67. The van der Waals surface area contributed by atoms with E-state index in [2.05, 4.69) is 11.4 Å². The highest BCUT2D eigenvalue weighted by molar-refractivity contribution is 8.04. The van der Waals surface area contributed by atoms with E-state index in [0.717, 1.165) is 6.54 Å². The number of nitrogens with one attached hydrogen (secondary N) is 1. The van der Waals surface area contributed by atoms with E-state index < -0.39 is 6.41 Å². The molecule has 0 fully saturated rings. The van der Waals surface area contributed by atoms with Crippen molar-refractivity contribution in [2.45, 2.75) is 38.0 Å². The minimum atomic E-state index is -0.866. The van der Waals surface area contributed by atoms with E-state index in [1.54, 1.807) is 11.8 Å². The van der Waals surface area contributed by atoms with Gasteiger partial charge < -0.3 is 9.84 Å². The van der Waals surface area contributed by atoms with E-state index in [4.69, 9.17) is 4.74 Å². The van der Waals surface area contributed by atoms with Crippen molar-refractivity contribution in [3.05, 3.63) is 11.5 Å². The van der Waals surface area contributed by atoms with Crippen molar-refractivity contribution in [1.82, 2.24) is 5.32 Å². The Balaban J connectivity index is 2.10. The van der Waals surface area contributed by atoms with Crippen molar-refractivity contribution in [2.75, 3.05) is 6.54 Å². The van der Waals surface area contributed by atoms with E-state index in [1.807, 2.05) is 26.2 Å². The summed E-state index contributed by atoms with van der Waals surface area (Å²) in [5.74, 6) is 0. The van der Waals surface area contributed by atoms with Crippen LogP contribution in [0, 0.1) is 0 Å². The summed E-state index contributed by atoms with van der Waals surface area (Å²) in [6.45, 7) is 6.49. The highest BCUT2D eigenvalue weighted by Gasteiger charge is 2.18. The summed E-state index contributed by atoms with van der Waals surface area (Å²) in [6, 6.07) is 0. The first kappa shape index (κ1) is 11.0. The molecule has 76 valence electrons. The summed E-state index contributed by atoms with van der Waals surface area (Å²) in [4.78, 5) is 0. The molecule has 0 aliphatic carbocycles. The standard InChI is InChI=1S/C9H17NO2S/c1-9(2,3)12-8(11)10-6-7-4-5-13-7/h4-5,7-8,10-11H,6H2,1-3H3. The number of hydrogen-bond donors (Lipinski definition) is 2. The fourth-order valence-electron chi connectivity index (χ4n) is 0.899. The fraction of sp³-hybridized carbons (Fsp3) is 0.778. The molecule has 2 N–H and O–H groups in total. The van der Waals surface area contributed by atoms with Gasteiger partial charge in [0.25, 0.3) is 0 Å². The Labute approximate surface area is 83.5 Å². The Morgan fingerprint density at radius 3 is 2.62 bits per heavy atom. The van der Waals surface area contributed by atoms with Crippen LogP contribution in [0.25, 0.3) is 0 Å². The summed E-state index contributed by atoms with van der Waals surface area (Å²) in [6.07, 6.45) is 1.23. The zero-order valence-electron chi connectivity index (χ0n) is 8.28. The molecule has 0 saturated heterocycles. The number of aliphatic hydroxyl groups is 1. The van der Waals surface area contributed by atoms with E-state index >= 15 is 0 Å². The number of hydrogen-bond acceptors (Lipinski definition) is 4. The van der Waals surface area contributed by atoms with Gasteiger partial charge in [-0.1, -0.05) is 6.08 Å². The fourth-order valence-corrected chi connectivity index (χ4v) is 1.47. The maximum absolute atomic E-state index is 9.39. The second-order valence-corrected chi connectivity index (χ2v) is 5.14. The molecule has 0 bridgehead atoms. The van der Waals surface area contributed by atoms with Crippen molar-refractivity contribution in [3.63, 3.8) is 0 Å². The topological polar surface area (TPSA) is 41.5 Å². The van der Waals surface area contributed by atoms with E-state index in [0.29, 0.717) is 5.25 Å². The Morgan fingerprint density at radius 2 is 2.23 bits per heavy atom. The Hall–Kier alpha value is -0.0300. The third-order valence-electron chi connectivity index (χ3n) is 1.51. The van der Waals surface area contributed by atoms with Gasteiger partial charge in [-0.25, -0.2) is 0 Å². The first-order valence-corrected chi connectivity index (χ1v) is 5.33. The SMILES string of the molecule is CC(C)(C)OC(O)NCC1C=CS1. The van der Waals surface area contributed by atoms with Crippen LogP contribution in [-0.2, 0) is 4.74 Å². The molecule has 1 heterocycles. The van der Waals surface area contributed by atoms with Crippen molar-refractivity contribution in [2.24, 2.45) is 0 Å². The van der Waals surface area contributed by atoms with Crippen molar-refractivity contribution >= 4 is 11.8 Å². The second kappa shape index (κ2) is 4.46. The number of aliphatic hydroxyl groups excluding tert-OH is 1. The molecule has 0 amide bonds. The second-order valence-electron chi connectivity index (χ2n) is 3.99. The molecule has 1 aliphatic heterocycles. The Kier molecular flexibility index (Phi) is 3.79. The molecular weight excluding hydrogens is 186 g/mol. The lowest BCUT2D eigenvalue weighted by Crippen LogP contribution is -2.41. The lowest BCUT2D eigenvalue weighted by molar-refractivity contribution is -0.180. The van der Waals surface area contributed by atoms with E-state index in [9.17, 15) is 5.11 Å². The predicted octanol–water partition coefficient (Wildman–Crippen LogP) is 1.30. The van der Waals surface area contributed by atoms with Crippen molar-refractivity contribution < 1.29 is 9.84 Å². The number of thioether (sulfide) groups is 1. The van der Waals surface area contributed by atoms with Gasteiger partial charge in [-0.05, 0) is 26.2 Å². The molecule has 2 unspecified atom stereocenters. The number of ether oxygens (including phenoxy) is 1. The first-order valence-electron chi connectivity index (χ1n) is 4.39. The molecule has 13 heavy (non-hydrogen) atoms. The van der Waals surface area contributed by atoms with Crippen LogP contribution in [0.3, 0.4) is 0 Å². The van der Waals surface area contributed by atoms with Crippen LogP contribution in [0.15, 0.2) is 11.5 Å². The van der Waals surface area contributed by atoms with Gasteiger partial charge in [-0.15, -0.1) is 11.8 Å². The van der Waals surface area contributed by atoms with Gasteiger partial charge in [-0.2, -0.15) is 0 Å². The third-order valence-corrected chi connectivity index (χ3v) is 2.49. The minimum Gasteiger partial charge on any atom is -0.356 e. The molecule has 0 aromatic rings. The van der Waals surface area contributed by atoms with Gasteiger partial charge in [0.05, 0.1) is 5.60 Å². The predicted molar refractivity (Wildman–Crippen MR) is 55.4 cm³/mol. The molecule has 3 nitrogen and oxygen atoms in total. The molecule has 0 radical (unpaired) electrons. The van der Waals surface area contributed by atoms with Crippen LogP contribution in [-0.4, -0.2) is 28.9 Å². The highest BCUT2D eigenvalue weighted by Crippen LogP contribution is 2.23. The summed E-state index contributed by atoms with van der Waals surface area (Å²) in [7, 11) is 0. The van der Waals surface area contributed by atoms with Gasteiger partial charge in [0.2, 0.25) is 6.41 Å². The monoisotopic (exact) mass is 203 g/mol. The molecule has 4 heteroatoms. The van der Waals surface area contributed by atoms with Gasteiger partial charge in [-0.3, -0.25) is 5.32 Å². The Morgan fingerprint density at radius 1 is 1.62 bits per heavy atom. The summed E-state index contributed by atoms with van der Waals surface area (Å²) < 4.78 is 5.27. The number of rotatable bonds is 4. The van der Waals surface area contributed by atoms with Crippen LogP contribution < -0.4 is 5.32 Å². The first-order chi connectivity index (χ1) is 5.97. The smallest absolute Gasteiger partial charge is 0.214 e.